The van der Waals surface area contributed by atoms with Crippen LogP contribution in [-0.4, -0.2) is 19.3 Å². The standard InChI is InChI=1S/C8H15NO/c1-2-10-8-5-7(6-8)3-4-9/h3,8H,2,4-6,9H2,1H3. The average Bonchev–Trinajstić information content (AvgIpc) is 1.84. The molecule has 0 aromatic rings. The first-order chi connectivity index (χ1) is 4.86. The third-order valence-electron chi connectivity index (χ3n) is 1.79. The summed E-state index contributed by atoms with van der Waals surface area (Å²) in [5.74, 6) is 0. The third-order valence-corrected chi connectivity index (χ3v) is 1.79. The van der Waals surface area contributed by atoms with Crippen molar-refractivity contribution in [3.63, 3.8) is 0 Å². The van der Waals surface area contributed by atoms with E-state index in [9.17, 15) is 0 Å². The van der Waals surface area contributed by atoms with Crippen LogP contribution in [0.25, 0.3) is 0 Å². The highest BCUT2D eigenvalue weighted by atomic mass is 16.5. The van der Waals surface area contributed by atoms with Gasteiger partial charge in [-0.25, -0.2) is 0 Å². The maximum Gasteiger partial charge on any atom is 0.0649 e. The van der Waals surface area contributed by atoms with Gasteiger partial charge in [0.2, 0.25) is 0 Å². The van der Waals surface area contributed by atoms with Crippen molar-refractivity contribution in [1.82, 2.24) is 0 Å². The summed E-state index contributed by atoms with van der Waals surface area (Å²) < 4.78 is 5.37. The van der Waals surface area contributed by atoms with Crippen LogP contribution >= 0.6 is 0 Å². The van der Waals surface area contributed by atoms with Gasteiger partial charge in [-0.3, -0.25) is 0 Å². The second-order valence-corrected chi connectivity index (χ2v) is 2.58. The Bertz CT molecular complexity index is 123. The average molecular weight is 141 g/mol. The molecule has 0 saturated heterocycles. The Hall–Kier alpha value is -0.340. The van der Waals surface area contributed by atoms with Crippen molar-refractivity contribution in [3.8, 4) is 0 Å². The second kappa shape index (κ2) is 3.74. The zero-order valence-corrected chi connectivity index (χ0v) is 6.47. The van der Waals surface area contributed by atoms with E-state index in [1.54, 1.807) is 0 Å². The molecule has 0 spiro atoms. The van der Waals surface area contributed by atoms with Crippen LogP contribution in [0.4, 0.5) is 0 Å². The van der Waals surface area contributed by atoms with E-state index < -0.39 is 0 Å². The number of hydrogen-bond donors (Lipinski definition) is 1. The number of ether oxygens (including phenoxy) is 1. The van der Waals surface area contributed by atoms with Gasteiger partial charge in [-0.15, -0.1) is 0 Å². The second-order valence-electron chi connectivity index (χ2n) is 2.58. The molecule has 0 unspecified atom stereocenters. The smallest absolute Gasteiger partial charge is 0.0649 e. The van der Waals surface area contributed by atoms with E-state index >= 15 is 0 Å². The Balaban J connectivity index is 2.11. The van der Waals surface area contributed by atoms with Crippen molar-refractivity contribution >= 4 is 0 Å². The largest absolute Gasteiger partial charge is 0.378 e. The van der Waals surface area contributed by atoms with E-state index in [1.807, 2.05) is 6.92 Å². The Morgan fingerprint density at radius 2 is 2.40 bits per heavy atom. The van der Waals surface area contributed by atoms with E-state index in [0.717, 1.165) is 19.4 Å². The van der Waals surface area contributed by atoms with Gasteiger partial charge in [-0.1, -0.05) is 11.6 Å². The molecule has 0 heterocycles. The van der Waals surface area contributed by atoms with Gasteiger partial charge in [0.25, 0.3) is 0 Å². The molecule has 0 aromatic heterocycles. The lowest BCUT2D eigenvalue weighted by Gasteiger charge is -2.28. The summed E-state index contributed by atoms with van der Waals surface area (Å²) in [6.45, 7) is 3.54. The lowest BCUT2D eigenvalue weighted by molar-refractivity contribution is 0.0369. The first-order valence-electron chi connectivity index (χ1n) is 3.86. The van der Waals surface area contributed by atoms with Crippen LogP contribution in [-0.2, 0) is 4.74 Å². The van der Waals surface area contributed by atoms with Crippen LogP contribution in [0, 0.1) is 0 Å². The highest BCUT2D eigenvalue weighted by molar-refractivity contribution is 5.14. The van der Waals surface area contributed by atoms with Crippen molar-refractivity contribution < 1.29 is 4.74 Å². The van der Waals surface area contributed by atoms with Crippen LogP contribution in [0.15, 0.2) is 11.6 Å². The normalized spacial score (nSPS) is 24.2. The first kappa shape index (κ1) is 7.76. The molecule has 1 rings (SSSR count). The Morgan fingerprint density at radius 1 is 1.70 bits per heavy atom. The van der Waals surface area contributed by atoms with Crippen molar-refractivity contribution in [2.75, 3.05) is 13.2 Å². The first-order valence-corrected chi connectivity index (χ1v) is 3.86. The van der Waals surface area contributed by atoms with Gasteiger partial charge >= 0.3 is 0 Å². The number of hydrogen-bond acceptors (Lipinski definition) is 2. The minimum absolute atomic E-state index is 0.489. The fourth-order valence-electron chi connectivity index (χ4n) is 1.21. The Kier molecular flexibility index (Phi) is 2.90. The fraction of sp³-hybridized carbons (Fsp3) is 0.750. The summed E-state index contributed by atoms with van der Waals surface area (Å²) in [4.78, 5) is 0. The topological polar surface area (TPSA) is 35.2 Å². The molecule has 10 heavy (non-hydrogen) atoms. The van der Waals surface area contributed by atoms with Gasteiger partial charge in [0.05, 0.1) is 6.10 Å². The van der Waals surface area contributed by atoms with Crippen LogP contribution in [0.1, 0.15) is 19.8 Å². The Morgan fingerprint density at radius 3 is 2.90 bits per heavy atom. The molecule has 1 fully saturated rings. The molecular weight excluding hydrogens is 126 g/mol. The molecule has 0 aliphatic heterocycles. The van der Waals surface area contributed by atoms with E-state index in [4.69, 9.17) is 10.5 Å². The number of rotatable bonds is 3. The molecule has 2 nitrogen and oxygen atoms in total. The van der Waals surface area contributed by atoms with Gasteiger partial charge < -0.3 is 10.5 Å². The Labute approximate surface area is 62.1 Å². The predicted octanol–water partition coefficient (Wildman–Crippen LogP) is 1.07. The molecule has 0 amide bonds. The highest BCUT2D eigenvalue weighted by Gasteiger charge is 2.22. The monoisotopic (exact) mass is 141 g/mol. The molecule has 1 aliphatic rings. The molecule has 1 saturated carbocycles. The molecule has 58 valence electrons. The lowest BCUT2D eigenvalue weighted by atomic mass is 9.88. The molecule has 0 atom stereocenters. The summed E-state index contributed by atoms with van der Waals surface area (Å²) in [6, 6.07) is 0. The van der Waals surface area contributed by atoms with E-state index in [0.29, 0.717) is 12.6 Å². The summed E-state index contributed by atoms with van der Waals surface area (Å²) in [5.41, 5.74) is 6.80. The summed E-state index contributed by atoms with van der Waals surface area (Å²) in [5, 5.41) is 0. The van der Waals surface area contributed by atoms with E-state index in [2.05, 4.69) is 6.08 Å². The molecular formula is C8H15NO. The van der Waals surface area contributed by atoms with Gasteiger partial charge in [0.15, 0.2) is 0 Å². The van der Waals surface area contributed by atoms with E-state index in [-0.39, 0.29) is 0 Å². The minimum Gasteiger partial charge on any atom is -0.378 e. The van der Waals surface area contributed by atoms with Gasteiger partial charge in [-0.2, -0.15) is 0 Å². The molecule has 2 heteroatoms. The maximum atomic E-state index is 5.37. The van der Waals surface area contributed by atoms with Gasteiger partial charge in [0.1, 0.15) is 0 Å². The maximum absolute atomic E-state index is 5.37. The van der Waals surface area contributed by atoms with Crippen molar-refractivity contribution in [3.05, 3.63) is 11.6 Å². The van der Waals surface area contributed by atoms with Crippen LogP contribution in [0.2, 0.25) is 0 Å². The molecule has 0 aromatic carbocycles. The van der Waals surface area contributed by atoms with Gasteiger partial charge in [0, 0.05) is 13.2 Å². The van der Waals surface area contributed by atoms with Crippen molar-refractivity contribution in [1.29, 1.82) is 0 Å². The zero-order chi connectivity index (χ0) is 7.40. The SMILES string of the molecule is CCOC1CC(=CCN)C1. The van der Waals surface area contributed by atoms with E-state index in [1.165, 1.54) is 5.57 Å². The summed E-state index contributed by atoms with van der Waals surface area (Å²) in [7, 11) is 0. The van der Waals surface area contributed by atoms with Crippen LogP contribution < -0.4 is 5.73 Å². The molecule has 0 radical (unpaired) electrons. The highest BCUT2D eigenvalue weighted by Crippen LogP contribution is 2.28. The lowest BCUT2D eigenvalue weighted by Crippen LogP contribution is -2.24. The van der Waals surface area contributed by atoms with Crippen molar-refractivity contribution in [2.45, 2.75) is 25.9 Å². The molecule has 0 bridgehead atoms. The zero-order valence-electron chi connectivity index (χ0n) is 6.47. The third kappa shape index (κ3) is 1.82. The van der Waals surface area contributed by atoms with Crippen molar-refractivity contribution in [2.24, 2.45) is 5.73 Å². The molecule has 1 aliphatic carbocycles. The molecule has 2 N–H and O–H groups in total. The van der Waals surface area contributed by atoms with Crippen LogP contribution in [0.3, 0.4) is 0 Å². The summed E-state index contributed by atoms with van der Waals surface area (Å²) in [6.07, 6.45) is 4.79. The number of nitrogens with two attached hydrogens (primary N) is 1. The predicted molar refractivity (Wildman–Crippen MR) is 41.8 cm³/mol. The quantitative estimate of drug-likeness (QED) is 0.597. The van der Waals surface area contributed by atoms with Crippen LogP contribution in [0.5, 0.6) is 0 Å². The van der Waals surface area contributed by atoms with Gasteiger partial charge in [-0.05, 0) is 19.8 Å². The minimum atomic E-state index is 0.489. The summed E-state index contributed by atoms with van der Waals surface area (Å²) >= 11 is 0. The fourth-order valence-corrected chi connectivity index (χ4v) is 1.21.